The van der Waals surface area contributed by atoms with Crippen molar-refractivity contribution in [3.63, 3.8) is 0 Å². The molecule has 152 valence electrons. The van der Waals surface area contributed by atoms with Gasteiger partial charge in [0, 0.05) is 18.8 Å². The number of carbonyl (C=O) groups is 1. The van der Waals surface area contributed by atoms with Crippen molar-refractivity contribution in [1.29, 1.82) is 0 Å². The van der Waals surface area contributed by atoms with Gasteiger partial charge in [-0.25, -0.2) is 9.37 Å². The summed E-state index contributed by atoms with van der Waals surface area (Å²) in [6.07, 6.45) is 0.223. The van der Waals surface area contributed by atoms with Crippen LogP contribution in [0.5, 0.6) is 0 Å². The number of nitrogens with zero attached hydrogens (tertiary/aromatic N) is 2. The van der Waals surface area contributed by atoms with Gasteiger partial charge in [0.25, 0.3) is 10.2 Å². The number of halogens is 2. The number of thiazole rings is 1. The van der Waals surface area contributed by atoms with E-state index >= 15 is 0 Å². The molecular weight excluding hydrogens is 439 g/mol. The largest absolute Gasteiger partial charge is 0.325 e. The minimum atomic E-state index is -3.88. The second-order valence-electron chi connectivity index (χ2n) is 6.64. The number of likely N-dealkylation sites (N-methyl/N-ethyl adjacent to an activating group) is 1. The van der Waals surface area contributed by atoms with E-state index in [0.29, 0.717) is 0 Å². The van der Waals surface area contributed by atoms with Crippen molar-refractivity contribution in [3.8, 4) is 0 Å². The Morgan fingerprint density at radius 2 is 2.14 bits per heavy atom. The second kappa shape index (κ2) is 7.62. The quantitative estimate of drug-likeness (QED) is 0.635. The predicted octanol–water partition coefficient (Wildman–Crippen LogP) is 3.31. The smallest absolute Gasteiger partial charge is 0.280 e. The van der Waals surface area contributed by atoms with Crippen molar-refractivity contribution in [1.82, 2.24) is 14.0 Å². The number of anilines is 1. The Morgan fingerprint density at radius 3 is 2.90 bits per heavy atom. The normalized spacial score (nSPS) is 21.9. The van der Waals surface area contributed by atoms with Gasteiger partial charge in [-0.1, -0.05) is 17.7 Å². The fourth-order valence-corrected chi connectivity index (χ4v) is 5.40. The van der Waals surface area contributed by atoms with Crippen LogP contribution in [0.2, 0.25) is 5.02 Å². The lowest BCUT2D eigenvalue weighted by Crippen LogP contribution is -2.55. The van der Waals surface area contributed by atoms with Crippen LogP contribution >= 0.6 is 22.9 Å². The predicted molar refractivity (Wildman–Crippen MR) is 111 cm³/mol. The average Bonchev–Trinajstić information content (AvgIpc) is 3.14. The standard InChI is InChI=1S/C18H16ClFN4O3S2/c1-24-16(18(25)22-11-3-4-13(20)12(19)7-11)8-15(23-29(24,26)27)10-2-5-14-17(6-10)28-9-21-14/h2-7,9,15-16,23H,8H2,1H3,(H,22,25)/t15-,16+/m0/s1. The van der Waals surface area contributed by atoms with Gasteiger partial charge in [-0.15, -0.1) is 11.3 Å². The summed E-state index contributed by atoms with van der Waals surface area (Å²) in [5.74, 6) is -1.13. The Kier molecular flexibility index (Phi) is 5.30. The van der Waals surface area contributed by atoms with E-state index in [-0.39, 0.29) is 17.1 Å². The third-order valence-corrected chi connectivity index (χ3v) is 7.49. The summed E-state index contributed by atoms with van der Waals surface area (Å²) in [5, 5.41) is 2.48. The maximum absolute atomic E-state index is 13.3. The summed E-state index contributed by atoms with van der Waals surface area (Å²) in [6, 6.07) is 7.75. The molecule has 0 aliphatic carbocycles. The van der Waals surface area contributed by atoms with Gasteiger partial charge >= 0.3 is 0 Å². The Hall–Kier alpha value is -2.11. The third kappa shape index (κ3) is 3.99. The number of hydrogen-bond donors (Lipinski definition) is 2. The van der Waals surface area contributed by atoms with Crippen molar-refractivity contribution in [2.45, 2.75) is 18.5 Å². The van der Waals surface area contributed by atoms with Crippen LogP contribution in [-0.2, 0) is 15.0 Å². The minimum absolute atomic E-state index is 0.134. The molecule has 2 N–H and O–H groups in total. The molecule has 0 unspecified atom stereocenters. The van der Waals surface area contributed by atoms with E-state index < -0.39 is 34.0 Å². The molecule has 29 heavy (non-hydrogen) atoms. The summed E-state index contributed by atoms with van der Waals surface area (Å²) in [4.78, 5) is 17.0. The Balaban J connectivity index is 1.61. The molecule has 0 radical (unpaired) electrons. The van der Waals surface area contributed by atoms with E-state index in [1.54, 1.807) is 11.6 Å². The zero-order chi connectivity index (χ0) is 20.8. The van der Waals surface area contributed by atoms with Gasteiger partial charge in [0.2, 0.25) is 5.91 Å². The van der Waals surface area contributed by atoms with E-state index in [0.717, 1.165) is 26.2 Å². The number of amides is 1. The van der Waals surface area contributed by atoms with Crippen LogP contribution in [0.25, 0.3) is 10.2 Å². The van der Waals surface area contributed by atoms with E-state index in [9.17, 15) is 17.6 Å². The van der Waals surface area contributed by atoms with Gasteiger partial charge in [-0.3, -0.25) is 4.79 Å². The number of benzene rings is 2. The zero-order valence-corrected chi connectivity index (χ0v) is 17.5. The molecule has 1 aliphatic heterocycles. The first kappa shape index (κ1) is 20.2. The molecule has 1 amide bonds. The lowest BCUT2D eigenvalue weighted by molar-refractivity contribution is -0.120. The molecule has 4 rings (SSSR count). The van der Waals surface area contributed by atoms with Gasteiger partial charge in [-0.05, 0) is 42.3 Å². The Labute approximate surface area is 175 Å². The van der Waals surface area contributed by atoms with Crippen molar-refractivity contribution in [2.75, 3.05) is 12.4 Å². The van der Waals surface area contributed by atoms with Gasteiger partial charge < -0.3 is 5.32 Å². The molecule has 3 aromatic rings. The van der Waals surface area contributed by atoms with Crippen LogP contribution < -0.4 is 10.0 Å². The molecule has 1 aromatic heterocycles. The molecule has 1 fully saturated rings. The lowest BCUT2D eigenvalue weighted by atomic mass is 9.99. The number of fused-ring (bicyclic) bond motifs is 1. The molecule has 2 aromatic carbocycles. The van der Waals surface area contributed by atoms with E-state index in [1.165, 1.54) is 30.5 Å². The van der Waals surface area contributed by atoms with Crippen LogP contribution in [0, 0.1) is 5.82 Å². The van der Waals surface area contributed by atoms with Crippen LogP contribution in [0.4, 0.5) is 10.1 Å². The highest BCUT2D eigenvalue weighted by molar-refractivity contribution is 7.87. The molecule has 0 saturated carbocycles. The SMILES string of the molecule is CN1[C@@H](C(=O)Nc2ccc(F)c(Cl)c2)C[C@@H](c2ccc3ncsc3c2)NS1(=O)=O. The van der Waals surface area contributed by atoms with Crippen molar-refractivity contribution in [2.24, 2.45) is 0 Å². The van der Waals surface area contributed by atoms with E-state index in [1.807, 2.05) is 12.1 Å². The maximum Gasteiger partial charge on any atom is 0.280 e. The number of carbonyl (C=O) groups excluding carboxylic acids is 1. The number of aromatic nitrogens is 1. The first-order valence-corrected chi connectivity index (χ1v) is 11.3. The third-order valence-electron chi connectivity index (χ3n) is 4.82. The summed E-state index contributed by atoms with van der Waals surface area (Å²) in [7, 11) is -2.54. The monoisotopic (exact) mass is 454 g/mol. The molecule has 11 heteroatoms. The van der Waals surface area contributed by atoms with Gasteiger partial charge in [0.1, 0.15) is 11.9 Å². The topological polar surface area (TPSA) is 91.4 Å². The highest BCUT2D eigenvalue weighted by Crippen LogP contribution is 2.31. The molecule has 7 nitrogen and oxygen atoms in total. The Morgan fingerprint density at radius 1 is 1.34 bits per heavy atom. The summed E-state index contributed by atoms with van der Waals surface area (Å²) in [6.45, 7) is 0. The number of rotatable bonds is 3. The fourth-order valence-electron chi connectivity index (χ4n) is 3.21. The molecular formula is C18H16ClFN4O3S2. The summed E-state index contributed by atoms with van der Waals surface area (Å²) < 4.78 is 43.1. The van der Waals surface area contributed by atoms with Crippen LogP contribution in [0.1, 0.15) is 18.0 Å². The molecule has 2 atom stereocenters. The van der Waals surface area contributed by atoms with E-state index in [2.05, 4.69) is 15.0 Å². The lowest BCUT2D eigenvalue weighted by Gasteiger charge is -2.36. The summed E-state index contributed by atoms with van der Waals surface area (Å²) >= 11 is 7.21. The molecule has 1 aliphatic rings. The van der Waals surface area contributed by atoms with Gasteiger partial charge in [-0.2, -0.15) is 17.4 Å². The van der Waals surface area contributed by atoms with Crippen LogP contribution in [0.3, 0.4) is 0 Å². The highest BCUT2D eigenvalue weighted by atomic mass is 35.5. The fraction of sp³-hybridized carbons (Fsp3) is 0.222. The van der Waals surface area contributed by atoms with Crippen LogP contribution in [0.15, 0.2) is 41.9 Å². The van der Waals surface area contributed by atoms with Gasteiger partial charge in [0.15, 0.2) is 0 Å². The summed E-state index contributed by atoms with van der Waals surface area (Å²) in [5.41, 5.74) is 3.59. The van der Waals surface area contributed by atoms with Crippen molar-refractivity contribution in [3.05, 3.63) is 58.3 Å². The Bertz CT molecular complexity index is 1200. The highest BCUT2D eigenvalue weighted by Gasteiger charge is 2.40. The maximum atomic E-state index is 13.3. The van der Waals surface area contributed by atoms with Gasteiger partial charge in [0.05, 0.1) is 20.7 Å². The van der Waals surface area contributed by atoms with E-state index in [4.69, 9.17) is 11.6 Å². The number of nitrogens with one attached hydrogen (secondary N) is 2. The molecule has 0 bridgehead atoms. The molecule has 2 heterocycles. The first-order chi connectivity index (χ1) is 13.7. The first-order valence-electron chi connectivity index (χ1n) is 8.59. The zero-order valence-electron chi connectivity index (χ0n) is 15.1. The van der Waals surface area contributed by atoms with Crippen molar-refractivity contribution < 1.29 is 17.6 Å². The molecule has 0 spiro atoms. The number of hydrogen-bond acceptors (Lipinski definition) is 5. The average molecular weight is 455 g/mol. The second-order valence-corrected chi connectivity index (χ2v) is 9.70. The molecule has 1 saturated heterocycles. The van der Waals surface area contributed by atoms with Crippen molar-refractivity contribution >= 4 is 55.0 Å². The van der Waals surface area contributed by atoms with Crippen LogP contribution in [-0.4, -0.2) is 36.7 Å². The minimum Gasteiger partial charge on any atom is -0.325 e.